The van der Waals surface area contributed by atoms with Crippen LogP contribution >= 0.6 is 0 Å². The second-order valence-electron chi connectivity index (χ2n) is 6.13. The SMILES string of the molecule is O=C1N[C@@H]2COC[C@H]1CN(C(=O)Cc1[nH]nc3ccccc13)C2. The van der Waals surface area contributed by atoms with Crippen LogP contribution in [0.25, 0.3) is 10.9 Å². The summed E-state index contributed by atoms with van der Waals surface area (Å²) in [6, 6.07) is 7.59. The fourth-order valence-electron chi connectivity index (χ4n) is 3.25. The number of fused-ring (bicyclic) bond motifs is 4. The molecule has 2 atom stereocenters. The van der Waals surface area contributed by atoms with Crippen molar-refractivity contribution < 1.29 is 14.3 Å². The molecule has 0 radical (unpaired) electrons. The third kappa shape index (κ3) is 2.68. The Labute approximate surface area is 133 Å². The van der Waals surface area contributed by atoms with Crippen molar-refractivity contribution in [2.45, 2.75) is 12.5 Å². The molecule has 120 valence electrons. The summed E-state index contributed by atoms with van der Waals surface area (Å²) in [7, 11) is 0. The van der Waals surface area contributed by atoms with E-state index >= 15 is 0 Å². The molecule has 2 N–H and O–H groups in total. The Morgan fingerprint density at radius 3 is 3.09 bits per heavy atom. The fraction of sp³-hybridized carbons (Fsp3) is 0.438. The topological polar surface area (TPSA) is 87.3 Å². The first kappa shape index (κ1) is 14.2. The highest BCUT2D eigenvalue weighted by Crippen LogP contribution is 2.18. The van der Waals surface area contributed by atoms with Crippen molar-refractivity contribution in [2.75, 3.05) is 26.3 Å². The molecule has 7 nitrogen and oxygen atoms in total. The maximum Gasteiger partial charge on any atom is 0.228 e. The van der Waals surface area contributed by atoms with Crippen molar-refractivity contribution in [1.82, 2.24) is 20.4 Å². The van der Waals surface area contributed by atoms with Crippen molar-refractivity contribution >= 4 is 22.7 Å². The molecular weight excluding hydrogens is 296 g/mol. The zero-order valence-electron chi connectivity index (χ0n) is 12.6. The van der Waals surface area contributed by atoms with Crippen molar-refractivity contribution in [2.24, 2.45) is 5.92 Å². The molecule has 0 unspecified atom stereocenters. The lowest BCUT2D eigenvalue weighted by Gasteiger charge is -2.27. The van der Waals surface area contributed by atoms with Gasteiger partial charge in [0.25, 0.3) is 0 Å². The van der Waals surface area contributed by atoms with Gasteiger partial charge in [-0.15, -0.1) is 0 Å². The summed E-state index contributed by atoms with van der Waals surface area (Å²) in [5.74, 6) is -0.299. The Bertz CT molecular complexity index is 757. The maximum atomic E-state index is 12.7. The van der Waals surface area contributed by atoms with Crippen LogP contribution in [0.2, 0.25) is 0 Å². The van der Waals surface area contributed by atoms with Gasteiger partial charge in [0, 0.05) is 18.5 Å². The van der Waals surface area contributed by atoms with E-state index in [0.717, 1.165) is 16.6 Å². The number of carbonyl (C=O) groups is 2. The Hall–Kier alpha value is -2.41. The van der Waals surface area contributed by atoms with E-state index in [9.17, 15) is 9.59 Å². The molecule has 0 aliphatic carbocycles. The van der Waals surface area contributed by atoms with E-state index in [1.54, 1.807) is 4.90 Å². The zero-order valence-corrected chi connectivity index (χ0v) is 12.6. The predicted molar refractivity (Wildman–Crippen MR) is 82.6 cm³/mol. The molecule has 1 aromatic carbocycles. The van der Waals surface area contributed by atoms with E-state index in [-0.39, 0.29) is 30.2 Å². The minimum atomic E-state index is -0.287. The highest BCUT2D eigenvalue weighted by atomic mass is 16.5. The molecule has 2 aliphatic rings. The summed E-state index contributed by atoms with van der Waals surface area (Å²) in [6.45, 7) is 1.73. The number of rotatable bonds is 2. The monoisotopic (exact) mass is 314 g/mol. The van der Waals surface area contributed by atoms with Gasteiger partial charge >= 0.3 is 0 Å². The number of para-hydroxylation sites is 1. The van der Waals surface area contributed by atoms with Crippen LogP contribution in [0, 0.1) is 5.92 Å². The average Bonchev–Trinajstić information content (AvgIpc) is 2.74. The molecule has 0 saturated carbocycles. The third-order valence-electron chi connectivity index (χ3n) is 4.46. The van der Waals surface area contributed by atoms with Crippen molar-refractivity contribution in [3.63, 3.8) is 0 Å². The third-order valence-corrected chi connectivity index (χ3v) is 4.46. The van der Waals surface area contributed by atoms with Gasteiger partial charge in [-0.3, -0.25) is 14.7 Å². The molecule has 1 aromatic heterocycles. The Morgan fingerprint density at radius 1 is 1.30 bits per heavy atom. The van der Waals surface area contributed by atoms with Gasteiger partial charge in [-0.2, -0.15) is 5.10 Å². The Morgan fingerprint density at radius 2 is 2.17 bits per heavy atom. The summed E-state index contributed by atoms with van der Waals surface area (Å²) in [4.78, 5) is 26.5. The van der Waals surface area contributed by atoms with Gasteiger partial charge in [0.15, 0.2) is 0 Å². The first-order chi connectivity index (χ1) is 11.2. The number of amides is 2. The number of hydrogen-bond acceptors (Lipinski definition) is 4. The second kappa shape index (κ2) is 5.66. The lowest BCUT2D eigenvalue weighted by Crippen LogP contribution is -2.45. The zero-order chi connectivity index (χ0) is 15.8. The lowest BCUT2D eigenvalue weighted by molar-refractivity contribution is -0.133. The largest absolute Gasteiger partial charge is 0.378 e. The van der Waals surface area contributed by atoms with Gasteiger partial charge < -0.3 is 15.0 Å². The van der Waals surface area contributed by atoms with Crippen LogP contribution in [0.4, 0.5) is 0 Å². The number of nitrogens with one attached hydrogen (secondary N) is 2. The summed E-state index contributed by atoms with van der Waals surface area (Å²) >= 11 is 0. The van der Waals surface area contributed by atoms with Gasteiger partial charge in [-0.25, -0.2) is 0 Å². The van der Waals surface area contributed by atoms with Crippen LogP contribution in [0.1, 0.15) is 5.69 Å². The molecule has 2 saturated heterocycles. The smallest absolute Gasteiger partial charge is 0.228 e. The predicted octanol–water partition coefficient (Wildman–Crippen LogP) is 0.0788. The summed E-state index contributed by atoms with van der Waals surface area (Å²) in [6.07, 6.45) is 0.259. The standard InChI is InChI=1S/C16H18N4O3/c21-15(5-14-12-3-1-2-4-13(12)18-19-14)20-6-10-8-23-9-11(7-20)17-16(10)22/h1-4,10-11H,5-9H2,(H,17,22)(H,18,19)/t10-,11+/m1/s1. The number of benzene rings is 1. The van der Waals surface area contributed by atoms with Crippen LogP contribution in [0.15, 0.2) is 24.3 Å². The highest BCUT2D eigenvalue weighted by Gasteiger charge is 2.35. The number of aromatic amines is 1. The van der Waals surface area contributed by atoms with Crippen molar-refractivity contribution in [1.29, 1.82) is 0 Å². The van der Waals surface area contributed by atoms with Crippen molar-refractivity contribution in [3.05, 3.63) is 30.0 Å². The number of nitrogens with zero attached hydrogens (tertiary/aromatic N) is 2. The number of H-pyrrole nitrogens is 1. The Balaban J connectivity index is 1.54. The molecule has 2 fully saturated rings. The van der Waals surface area contributed by atoms with E-state index < -0.39 is 0 Å². The minimum absolute atomic E-state index is 0.00723. The van der Waals surface area contributed by atoms with Gasteiger partial charge in [0.2, 0.25) is 11.8 Å². The lowest BCUT2D eigenvalue weighted by atomic mass is 10.1. The molecule has 23 heavy (non-hydrogen) atoms. The summed E-state index contributed by atoms with van der Waals surface area (Å²) < 4.78 is 5.49. The molecular formula is C16H18N4O3. The maximum absolute atomic E-state index is 12.7. The summed E-state index contributed by atoms with van der Waals surface area (Å²) in [5, 5.41) is 11.1. The van der Waals surface area contributed by atoms with Gasteiger partial charge in [-0.1, -0.05) is 18.2 Å². The average molecular weight is 314 g/mol. The molecule has 7 heteroatoms. The van der Waals surface area contributed by atoms with E-state index in [4.69, 9.17) is 4.74 Å². The van der Waals surface area contributed by atoms with E-state index in [2.05, 4.69) is 15.5 Å². The van der Waals surface area contributed by atoms with Crippen molar-refractivity contribution in [3.8, 4) is 0 Å². The highest BCUT2D eigenvalue weighted by molar-refractivity contribution is 5.88. The van der Waals surface area contributed by atoms with Crippen LogP contribution < -0.4 is 5.32 Å². The van der Waals surface area contributed by atoms with Crippen LogP contribution in [0.3, 0.4) is 0 Å². The van der Waals surface area contributed by atoms with Crippen LogP contribution in [0.5, 0.6) is 0 Å². The van der Waals surface area contributed by atoms with Gasteiger partial charge in [0.1, 0.15) is 0 Å². The normalized spacial score (nSPS) is 24.3. The summed E-state index contributed by atoms with van der Waals surface area (Å²) in [5.41, 5.74) is 1.67. The molecule has 0 spiro atoms. The molecule has 2 amide bonds. The van der Waals surface area contributed by atoms with E-state index in [1.165, 1.54) is 0 Å². The first-order valence-corrected chi connectivity index (χ1v) is 7.78. The second-order valence-corrected chi connectivity index (χ2v) is 6.13. The fourth-order valence-corrected chi connectivity index (χ4v) is 3.25. The number of ether oxygens (including phenoxy) is 1. The molecule has 2 bridgehead atoms. The molecule has 4 rings (SSSR count). The molecule has 2 aliphatic heterocycles. The Kier molecular flexibility index (Phi) is 3.49. The van der Waals surface area contributed by atoms with Crippen LogP contribution in [-0.2, 0) is 20.7 Å². The quantitative estimate of drug-likeness (QED) is 0.822. The number of hydrogen-bond donors (Lipinski definition) is 2. The van der Waals surface area contributed by atoms with Gasteiger partial charge in [0.05, 0.1) is 42.8 Å². The molecule has 3 heterocycles. The number of carbonyl (C=O) groups excluding carboxylic acids is 2. The van der Waals surface area contributed by atoms with E-state index in [0.29, 0.717) is 26.3 Å². The van der Waals surface area contributed by atoms with Crippen LogP contribution in [-0.4, -0.2) is 59.3 Å². The van der Waals surface area contributed by atoms with Gasteiger partial charge in [-0.05, 0) is 6.07 Å². The minimum Gasteiger partial charge on any atom is -0.378 e. The molecule has 2 aromatic rings. The first-order valence-electron chi connectivity index (χ1n) is 7.78. The van der Waals surface area contributed by atoms with E-state index in [1.807, 2.05) is 24.3 Å². The number of aromatic nitrogens is 2.